The van der Waals surface area contributed by atoms with Crippen molar-refractivity contribution < 1.29 is 4.42 Å². The van der Waals surface area contributed by atoms with Gasteiger partial charge in [-0.25, -0.2) is 4.98 Å². The zero-order valence-corrected chi connectivity index (χ0v) is 11.9. The number of aromatic nitrogens is 1. The third-order valence-electron chi connectivity index (χ3n) is 4.09. The minimum Gasteiger partial charge on any atom is -0.440 e. The van der Waals surface area contributed by atoms with Crippen molar-refractivity contribution in [2.24, 2.45) is 5.73 Å². The molecule has 0 spiro atoms. The van der Waals surface area contributed by atoms with Crippen LogP contribution in [0.4, 0.5) is 0 Å². The lowest BCUT2D eigenvalue weighted by atomic mass is 9.87. The van der Waals surface area contributed by atoms with Crippen LogP contribution in [0.3, 0.4) is 0 Å². The van der Waals surface area contributed by atoms with E-state index in [4.69, 9.17) is 10.2 Å². The molecule has 19 heavy (non-hydrogen) atoms. The van der Waals surface area contributed by atoms with E-state index in [1.165, 1.54) is 5.56 Å². The van der Waals surface area contributed by atoms with Crippen LogP contribution in [0.2, 0.25) is 0 Å². The smallest absolute Gasteiger partial charge is 0.198 e. The molecule has 1 heterocycles. The van der Waals surface area contributed by atoms with Gasteiger partial charge in [0.15, 0.2) is 11.5 Å². The van der Waals surface area contributed by atoms with Crippen LogP contribution in [-0.4, -0.2) is 11.0 Å². The van der Waals surface area contributed by atoms with Crippen LogP contribution in [0.1, 0.15) is 57.4 Å². The molecule has 2 aromatic rings. The summed E-state index contributed by atoms with van der Waals surface area (Å²) >= 11 is 0. The minimum atomic E-state index is 0.142. The highest BCUT2D eigenvalue weighted by Gasteiger charge is 2.27. The van der Waals surface area contributed by atoms with Gasteiger partial charge in [0.05, 0.1) is 0 Å². The van der Waals surface area contributed by atoms with Crippen LogP contribution in [-0.2, 0) is 5.41 Å². The highest BCUT2D eigenvalue weighted by Crippen LogP contribution is 2.35. The van der Waals surface area contributed by atoms with E-state index < -0.39 is 0 Å². The maximum absolute atomic E-state index is 5.97. The molecule has 102 valence electrons. The van der Waals surface area contributed by atoms with E-state index in [1.54, 1.807) is 0 Å². The zero-order valence-electron chi connectivity index (χ0n) is 11.9. The number of benzene rings is 1. The fourth-order valence-corrected chi connectivity index (χ4v) is 2.83. The normalized spacial score (nSPS) is 24.2. The Kier molecular flexibility index (Phi) is 2.90. The predicted molar refractivity (Wildman–Crippen MR) is 77.3 cm³/mol. The average molecular weight is 258 g/mol. The second-order valence-corrected chi connectivity index (χ2v) is 6.75. The van der Waals surface area contributed by atoms with Crippen LogP contribution in [0.25, 0.3) is 11.1 Å². The highest BCUT2D eigenvalue weighted by molar-refractivity contribution is 5.74. The molecular formula is C16H22N2O. The molecule has 2 N–H and O–H groups in total. The van der Waals surface area contributed by atoms with Gasteiger partial charge in [0.25, 0.3) is 0 Å². The maximum Gasteiger partial charge on any atom is 0.198 e. The molecule has 0 bridgehead atoms. The topological polar surface area (TPSA) is 52.0 Å². The van der Waals surface area contributed by atoms with Gasteiger partial charge < -0.3 is 10.2 Å². The molecule has 2 atom stereocenters. The van der Waals surface area contributed by atoms with Crippen LogP contribution in [0.5, 0.6) is 0 Å². The van der Waals surface area contributed by atoms with E-state index in [9.17, 15) is 0 Å². The molecule has 1 aromatic carbocycles. The van der Waals surface area contributed by atoms with Crippen molar-refractivity contribution in [3.05, 3.63) is 29.7 Å². The second-order valence-electron chi connectivity index (χ2n) is 6.75. The third kappa shape index (κ3) is 2.39. The van der Waals surface area contributed by atoms with Crippen molar-refractivity contribution in [3.63, 3.8) is 0 Å². The lowest BCUT2D eigenvalue weighted by Gasteiger charge is -2.18. The van der Waals surface area contributed by atoms with Crippen molar-refractivity contribution in [1.29, 1.82) is 0 Å². The molecule has 1 aliphatic carbocycles. The van der Waals surface area contributed by atoms with E-state index in [1.807, 2.05) is 6.07 Å². The number of nitrogens with zero attached hydrogens (tertiary/aromatic N) is 1. The van der Waals surface area contributed by atoms with E-state index in [0.29, 0.717) is 12.0 Å². The summed E-state index contributed by atoms with van der Waals surface area (Å²) in [7, 11) is 0. The molecule has 0 saturated heterocycles. The van der Waals surface area contributed by atoms with E-state index >= 15 is 0 Å². The van der Waals surface area contributed by atoms with Crippen molar-refractivity contribution in [2.45, 2.75) is 57.4 Å². The second kappa shape index (κ2) is 4.34. The monoisotopic (exact) mass is 258 g/mol. The standard InChI is InChI=1S/C16H22N2O/c1-16(2,3)11-5-7-14-13(9-11)18-15(19-14)10-4-6-12(17)8-10/h5,7,9-10,12H,4,6,8,17H2,1-3H3/t10-,12+/m1/s1. The van der Waals surface area contributed by atoms with Gasteiger partial charge in [0, 0.05) is 12.0 Å². The number of rotatable bonds is 1. The fraction of sp³-hybridized carbons (Fsp3) is 0.562. The first-order valence-electron chi connectivity index (χ1n) is 7.10. The Morgan fingerprint density at radius 2 is 2.05 bits per heavy atom. The van der Waals surface area contributed by atoms with E-state index in [0.717, 1.165) is 36.3 Å². The molecule has 1 aliphatic rings. The largest absolute Gasteiger partial charge is 0.440 e. The van der Waals surface area contributed by atoms with Gasteiger partial charge in [0.2, 0.25) is 0 Å². The lowest BCUT2D eigenvalue weighted by Crippen LogP contribution is -2.14. The Morgan fingerprint density at radius 1 is 1.26 bits per heavy atom. The number of hydrogen-bond acceptors (Lipinski definition) is 3. The summed E-state index contributed by atoms with van der Waals surface area (Å²) in [4.78, 5) is 4.68. The summed E-state index contributed by atoms with van der Waals surface area (Å²) in [5, 5.41) is 0. The number of hydrogen-bond donors (Lipinski definition) is 1. The van der Waals surface area contributed by atoms with Crippen LogP contribution in [0.15, 0.2) is 22.6 Å². The van der Waals surface area contributed by atoms with Crippen molar-refractivity contribution in [3.8, 4) is 0 Å². The Bertz CT molecular complexity index is 594. The van der Waals surface area contributed by atoms with Gasteiger partial charge in [0.1, 0.15) is 5.52 Å². The lowest BCUT2D eigenvalue weighted by molar-refractivity contribution is 0.471. The molecule has 1 aromatic heterocycles. The van der Waals surface area contributed by atoms with E-state index in [-0.39, 0.29) is 5.41 Å². The van der Waals surface area contributed by atoms with Crippen molar-refractivity contribution in [1.82, 2.24) is 4.98 Å². The predicted octanol–water partition coefficient (Wildman–Crippen LogP) is 3.72. The molecule has 0 aliphatic heterocycles. The van der Waals surface area contributed by atoms with Gasteiger partial charge in [-0.3, -0.25) is 0 Å². The zero-order chi connectivity index (χ0) is 13.6. The first-order chi connectivity index (χ1) is 8.93. The molecule has 3 nitrogen and oxygen atoms in total. The molecular weight excluding hydrogens is 236 g/mol. The van der Waals surface area contributed by atoms with Gasteiger partial charge in [-0.2, -0.15) is 0 Å². The van der Waals surface area contributed by atoms with Crippen LogP contribution >= 0.6 is 0 Å². The van der Waals surface area contributed by atoms with Crippen molar-refractivity contribution >= 4 is 11.1 Å². The first kappa shape index (κ1) is 12.7. The number of oxazole rings is 1. The SMILES string of the molecule is CC(C)(C)c1ccc2oc([C@@H]3CC[C@H](N)C3)nc2c1. The number of nitrogens with two attached hydrogens (primary N) is 1. The Hall–Kier alpha value is -1.35. The van der Waals surface area contributed by atoms with Gasteiger partial charge >= 0.3 is 0 Å². The summed E-state index contributed by atoms with van der Waals surface area (Å²) in [5.74, 6) is 1.27. The molecule has 1 fully saturated rings. The average Bonchev–Trinajstić information content (AvgIpc) is 2.92. The quantitative estimate of drug-likeness (QED) is 0.848. The molecule has 0 amide bonds. The summed E-state index contributed by atoms with van der Waals surface area (Å²) < 4.78 is 5.90. The third-order valence-corrected chi connectivity index (χ3v) is 4.09. The Labute approximate surface area is 114 Å². The Balaban J connectivity index is 1.97. The molecule has 3 rings (SSSR count). The van der Waals surface area contributed by atoms with Gasteiger partial charge in [-0.1, -0.05) is 26.8 Å². The van der Waals surface area contributed by atoms with Gasteiger partial charge in [-0.15, -0.1) is 0 Å². The summed E-state index contributed by atoms with van der Waals surface area (Å²) in [6.07, 6.45) is 3.18. The summed E-state index contributed by atoms with van der Waals surface area (Å²) in [6, 6.07) is 6.64. The fourth-order valence-electron chi connectivity index (χ4n) is 2.83. The first-order valence-corrected chi connectivity index (χ1v) is 7.10. The summed E-state index contributed by atoms with van der Waals surface area (Å²) in [6.45, 7) is 6.64. The highest BCUT2D eigenvalue weighted by atomic mass is 16.3. The van der Waals surface area contributed by atoms with Crippen LogP contribution < -0.4 is 5.73 Å². The molecule has 0 radical (unpaired) electrons. The molecule has 0 unspecified atom stereocenters. The van der Waals surface area contributed by atoms with Crippen LogP contribution in [0, 0.1) is 0 Å². The Morgan fingerprint density at radius 3 is 2.68 bits per heavy atom. The summed E-state index contributed by atoms with van der Waals surface area (Å²) in [5.41, 5.74) is 9.27. The van der Waals surface area contributed by atoms with Crippen molar-refractivity contribution in [2.75, 3.05) is 0 Å². The van der Waals surface area contributed by atoms with E-state index in [2.05, 4.69) is 37.9 Å². The minimum absolute atomic E-state index is 0.142. The molecule has 3 heteroatoms. The molecule has 1 saturated carbocycles. The maximum atomic E-state index is 5.97. The van der Waals surface area contributed by atoms with Gasteiger partial charge in [-0.05, 0) is 42.4 Å². The number of fused-ring (bicyclic) bond motifs is 1.